The molecular formula is C14H16BrNO2. The summed E-state index contributed by atoms with van der Waals surface area (Å²) in [5.41, 5.74) is 0.917. The first-order chi connectivity index (χ1) is 8.72. The molecule has 3 nitrogen and oxygen atoms in total. The summed E-state index contributed by atoms with van der Waals surface area (Å²) in [5.74, 6) is 0.285. The standard InChI is InChI=1S/C14H16BrNO2/c15-12-3-1-11(2-4-12)14(5-6-14)13(17)16-7-9-18-10-8-16/h1-4H,5-10H2. The summed E-state index contributed by atoms with van der Waals surface area (Å²) in [5, 5.41) is 0. The van der Waals surface area contributed by atoms with Crippen LogP contribution in [0.2, 0.25) is 0 Å². The molecule has 96 valence electrons. The molecule has 0 unspecified atom stereocenters. The van der Waals surface area contributed by atoms with E-state index in [1.54, 1.807) is 0 Å². The number of ether oxygens (including phenoxy) is 1. The molecule has 0 spiro atoms. The summed E-state index contributed by atoms with van der Waals surface area (Å²) in [7, 11) is 0. The Morgan fingerprint density at radius 3 is 2.33 bits per heavy atom. The second-order valence-electron chi connectivity index (χ2n) is 4.99. The van der Waals surface area contributed by atoms with E-state index in [2.05, 4.69) is 28.1 Å². The van der Waals surface area contributed by atoms with Gasteiger partial charge in [0.2, 0.25) is 5.91 Å². The van der Waals surface area contributed by atoms with E-state index in [9.17, 15) is 4.79 Å². The van der Waals surface area contributed by atoms with Crippen molar-refractivity contribution in [3.05, 3.63) is 34.3 Å². The van der Waals surface area contributed by atoms with Crippen molar-refractivity contribution >= 4 is 21.8 Å². The van der Waals surface area contributed by atoms with Crippen molar-refractivity contribution in [2.45, 2.75) is 18.3 Å². The molecule has 2 fully saturated rings. The molecule has 0 atom stereocenters. The number of carbonyl (C=O) groups excluding carboxylic acids is 1. The molecule has 0 aromatic heterocycles. The van der Waals surface area contributed by atoms with Crippen LogP contribution < -0.4 is 0 Å². The van der Waals surface area contributed by atoms with Crippen LogP contribution in [-0.2, 0) is 14.9 Å². The Balaban J connectivity index is 1.81. The van der Waals surface area contributed by atoms with Gasteiger partial charge in [0, 0.05) is 17.6 Å². The Kier molecular flexibility index (Phi) is 3.16. The molecule has 1 aromatic rings. The van der Waals surface area contributed by atoms with E-state index in [1.165, 1.54) is 0 Å². The number of hydrogen-bond acceptors (Lipinski definition) is 2. The largest absolute Gasteiger partial charge is 0.378 e. The third kappa shape index (κ3) is 2.08. The van der Waals surface area contributed by atoms with Crippen LogP contribution in [0.5, 0.6) is 0 Å². The first kappa shape index (κ1) is 12.2. The fourth-order valence-electron chi connectivity index (χ4n) is 2.59. The van der Waals surface area contributed by atoms with Crippen molar-refractivity contribution in [3.63, 3.8) is 0 Å². The third-order valence-corrected chi connectivity index (χ3v) is 4.38. The van der Waals surface area contributed by atoms with Crippen LogP contribution in [0.4, 0.5) is 0 Å². The first-order valence-electron chi connectivity index (χ1n) is 6.35. The molecule has 2 aliphatic rings. The minimum atomic E-state index is -0.238. The lowest BCUT2D eigenvalue weighted by Crippen LogP contribution is -2.45. The van der Waals surface area contributed by atoms with Crippen LogP contribution in [0.25, 0.3) is 0 Å². The summed E-state index contributed by atoms with van der Waals surface area (Å²) in [6.45, 7) is 2.80. The number of hydrogen-bond donors (Lipinski definition) is 0. The molecule has 1 aromatic carbocycles. The van der Waals surface area contributed by atoms with Crippen LogP contribution in [0.15, 0.2) is 28.7 Å². The Hall–Kier alpha value is -0.870. The highest BCUT2D eigenvalue weighted by Crippen LogP contribution is 2.49. The van der Waals surface area contributed by atoms with Gasteiger partial charge in [-0.1, -0.05) is 28.1 Å². The second kappa shape index (κ2) is 4.67. The number of amides is 1. The van der Waals surface area contributed by atoms with Crippen molar-refractivity contribution in [1.82, 2.24) is 4.90 Å². The normalized spacial score (nSPS) is 21.7. The number of carbonyl (C=O) groups is 1. The lowest BCUT2D eigenvalue weighted by atomic mass is 9.94. The molecule has 1 amide bonds. The molecule has 1 saturated carbocycles. The fourth-order valence-corrected chi connectivity index (χ4v) is 2.85. The zero-order valence-electron chi connectivity index (χ0n) is 10.2. The molecule has 18 heavy (non-hydrogen) atoms. The smallest absolute Gasteiger partial charge is 0.233 e. The molecule has 4 heteroatoms. The number of halogens is 1. The van der Waals surface area contributed by atoms with Gasteiger partial charge in [-0.2, -0.15) is 0 Å². The molecule has 1 aliphatic carbocycles. The predicted octanol–water partition coefficient (Wildman–Crippen LogP) is 2.34. The SMILES string of the molecule is O=C(N1CCOCC1)C1(c2ccc(Br)cc2)CC1. The second-order valence-corrected chi connectivity index (χ2v) is 5.91. The van der Waals surface area contributed by atoms with E-state index in [0.29, 0.717) is 13.2 Å². The summed E-state index contributed by atoms with van der Waals surface area (Å²) in [4.78, 5) is 14.6. The maximum Gasteiger partial charge on any atom is 0.233 e. The van der Waals surface area contributed by atoms with Crippen LogP contribution in [-0.4, -0.2) is 37.1 Å². The molecule has 0 bridgehead atoms. The Morgan fingerprint density at radius 2 is 1.78 bits per heavy atom. The molecule has 0 N–H and O–H groups in total. The summed E-state index contributed by atoms with van der Waals surface area (Å²) in [6.07, 6.45) is 1.95. The van der Waals surface area contributed by atoms with E-state index in [0.717, 1.165) is 36.0 Å². The number of rotatable bonds is 2. The Bertz CT molecular complexity index is 447. The van der Waals surface area contributed by atoms with Crippen molar-refractivity contribution in [1.29, 1.82) is 0 Å². The molecular weight excluding hydrogens is 294 g/mol. The highest BCUT2D eigenvalue weighted by molar-refractivity contribution is 9.10. The van der Waals surface area contributed by atoms with Gasteiger partial charge in [-0.25, -0.2) is 0 Å². The average Bonchev–Trinajstić information content (AvgIpc) is 3.21. The van der Waals surface area contributed by atoms with Gasteiger partial charge in [0.05, 0.1) is 18.6 Å². The lowest BCUT2D eigenvalue weighted by molar-refractivity contribution is -0.138. The van der Waals surface area contributed by atoms with Gasteiger partial charge in [-0.15, -0.1) is 0 Å². The van der Waals surface area contributed by atoms with Gasteiger partial charge in [0.1, 0.15) is 0 Å². The topological polar surface area (TPSA) is 29.5 Å². The van der Waals surface area contributed by atoms with Crippen molar-refractivity contribution in [2.75, 3.05) is 26.3 Å². The Labute approximate surface area is 115 Å². The van der Waals surface area contributed by atoms with Crippen LogP contribution in [0, 0.1) is 0 Å². The van der Waals surface area contributed by atoms with Crippen molar-refractivity contribution in [3.8, 4) is 0 Å². The zero-order valence-corrected chi connectivity index (χ0v) is 11.8. The first-order valence-corrected chi connectivity index (χ1v) is 7.15. The minimum absolute atomic E-state index is 0.238. The van der Waals surface area contributed by atoms with Gasteiger partial charge < -0.3 is 9.64 Å². The molecule has 1 aliphatic heterocycles. The third-order valence-electron chi connectivity index (χ3n) is 3.85. The van der Waals surface area contributed by atoms with Gasteiger partial charge in [0.25, 0.3) is 0 Å². The fraction of sp³-hybridized carbons (Fsp3) is 0.500. The maximum absolute atomic E-state index is 12.6. The van der Waals surface area contributed by atoms with Gasteiger partial charge in [-0.05, 0) is 30.5 Å². The van der Waals surface area contributed by atoms with Crippen molar-refractivity contribution in [2.24, 2.45) is 0 Å². The summed E-state index contributed by atoms with van der Waals surface area (Å²) < 4.78 is 6.36. The van der Waals surface area contributed by atoms with E-state index >= 15 is 0 Å². The van der Waals surface area contributed by atoms with E-state index in [1.807, 2.05) is 17.0 Å². The van der Waals surface area contributed by atoms with Gasteiger partial charge >= 0.3 is 0 Å². The summed E-state index contributed by atoms with van der Waals surface area (Å²) in [6, 6.07) is 8.16. The highest BCUT2D eigenvalue weighted by Gasteiger charge is 2.52. The van der Waals surface area contributed by atoms with E-state index in [4.69, 9.17) is 4.74 Å². The zero-order chi connectivity index (χ0) is 12.6. The van der Waals surface area contributed by atoms with Crippen LogP contribution in [0.1, 0.15) is 18.4 Å². The lowest BCUT2D eigenvalue weighted by Gasteiger charge is -2.30. The Morgan fingerprint density at radius 1 is 1.17 bits per heavy atom. The van der Waals surface area contributed by atoms with Crippen molar-refractivity contribution < 1.29 is 9.53 Å². The average molecular weight is 310 g/mol. The van der Waals surface area contributed by atoms with Gasteiger partial charge in [0.15, 0.2) is 0 Å². The predicted molar refractivity (Wildman–Crippen MR) is 72.5 cm³/mol. The highest BCUT2D eigenvalue weighted by atomic mass is 79.9. The number of benzene rings is 1. The number of morpholine rings is 1. The number of nitrogens with zero attached hydrogens (tertiary/aromatic N) is 1. The quantitative estimate of drug-likeness (QED) is 0.839. The molecule has 0 radical (unpaired) electrons. The molecule has 3 rings (SSSR count). The van der Waals surface area contributed by atoms with E-state index in [-0.39, 0.29) is 11.3 Å². The summed E-state index contributed by atoms with van der Waals surface area (Å²) >= 11 is 3.43. The van der Waals surface area contributed by atoms with Gasteiger partial charge in [-0.3, -0.25) is 4.79 Å². The van der Waals surface area contributed by atoms with E-state index < -0.39 is 0 Å². The van der Waals surface area contributed by atoms with Crippen LogP contribution >= 0.6 is 15.9 Å². The molecule has 1 heterocycles. The molecule has 1 saturated heterocycles. The minimum Gasteiger partial charge on any atom is -0.378 e. The van der Waals surface area contributed by atoms with Crippen LogP contribution in [0.3, 0.4) is 0 Å². The monoisotopic (exact) mass is 309 g/mol. The maximum atomic E-state index is 12.6.